The van der Waals surface area contributed by atoms with Crippen molar-refractivity contribution in [2.45, 2.75) is 44.4 Å². The van der Waals surface area contributed by atoms with Gasteiger partial charge >= 0.3 is 17.6 Å². The average molecular weight is 438 g/mol. The Morgan fingerprint density at radius 3 is 2.48 bits per heavy atom. The van der Waals surface area contributed by atoms with Crippen molar-refractivity contribution in [1.82, 2.24) is 9.55 Å². The van der Waals surface area contributed by atoms with Crippen LogP contribution in [0.1, 0.15) is 37.4 Å². The highest BCUT2D eigenvalue weighted by atomic mass is 19.1. The summed E-state index contributed by atoms with van der Waals surface area (Å²) in [5.74, 6) is -2.92. The van der Waals surface area contributed by atoms with Crippen LogP contribution in [0.15, 0.2) is 46.1 Å². The van der Waals surface area contributed by atoms with Crippen LogP contribution in [0.5, 0.6) is 0 Å². The molecule has 1 aromatic heterocycles. The molecule has 1 fully saturated rings. The number of halogens is 2. The summed E-state index contributed by atoms with van der Waals surface area (Å²) >= 11 is 0. The van der Waals surface area contributed by atoms with Gasteiger partial charge in [0, 0.05) is 6.92 Å². The molecule has 4 atom stereocenters. The van der Waals surface area contributed by atoms with Crippen LogP contribution in [-0.2, 0) is 19.0 Å². The van der Waals surface area contributed by atoms with Crippen molar-refractivity contribution >= 4 is 11.9 Å². The van der Waals surface area contributed by atoms with E-state index in [0.29, 0.717) is 10.8 Å². The number of H-pyrrole nitrogens is 1. The Hall–Kier alpha value is -3.34. The van der Waals surface area contributed by atoms with Crippen molar-refractivity contribution in [1.29, 1.82) is 0 Å². The van der Waals surface area contributed by atoms with Crippen LogP contribution >= 0.6 is 0 Å². The fourth-order valence-corrected chi connectivity index (χ4v) is 3.41. The number of nitrogens with zero attached hydrogens (tertiary/aromatic N) is 1. The van der Waals surface area contributed by atoms with Gasteiger partial charge in [0.2, 0.25) is 5.82 Å². The van der Waals surface area contributed by atoms with Gasteiger partial charge in [-0.2, -0.15) is 4.39 Å². The zero-order chi connectivity index (χ0) is 23.0. The summed E-state index contributed by atoms with van der Waals surface area (Å²) in [6.45, 7) is 2.72. The molecule has 11 heteroatoms. The van der Waals surface area contributed by atoms with Gasteiger partial charge in [0.15, 0.2) is 17.5 Å². The maximum atomic E-state index is 16.0. The molecule has 2 aromatic rings. The molecular weight excluding hydrogens is 418 g/mol. The molecule has 1 N–H and O–H groups in total. The van der Waals surface area contributed by atoms with E-state index in [4.69, 9.17) is 14.2 Å². The number of ether oxygens (including phenoxy) is 3. The number of carbonyl (C=O) groups is 2. The van der Waals surface area contributed by atoms with E-state index in [0.717, 1.165) is 13.8 Å². The van der Waals surface area contributed by atoms with Crippen LogP contribution in [-0.4, -0.2) is 45.5 Å². The van der Waals surface area contributed by atoms with Crippen LogP contribution in [0.3, 0.4) is 0 Å². The fourth-order valence-electron chi connectivity index (χ4n) is 3.41. The second-order valence-electron chi connectivity index (χ2n) is 7.36. The van der Waals surface area contributed by atoms with Crippen molar-refractivity contribution in [3.8, 4) is 0 Å². The highest BCUT2D eigenvalue weighted by Gasteiger charge is 2.66. The van der Waals surface area contributed by atoms with Crippen molar-refractivity contribution in [3.63, 3.8) is 0 Å². The van der Waals surface area contributed by atoms with Crippen molar-refractivity contribution in [2.75, 3.05) is 6.61 Å². The van der Waals surface area contributed by atoms with E-state index in [1.54, 1.807) is 23.2 Å². The van der Waals surface area contributed by atoms with Crippen LogP contribution in [0, 0.1) is 5.82 Å². The van der Waals surface area contributed by atoms with E-state index in [9.17, 15) is 23.6 Å². The SMILES string of the molecule is CC(=O)OC1(C)[C@@H](COC(=O)c2ccccc2)OC(n2cc(F)c(=O)[nH]c2=O)[C@]1(C)F. The van der Waals surface area contributed by atoms with E-state index >= 15 is 4.39 Å². The van der Waals surface area contributed by atoms with Crippen LogP contribution in [0.25, 0.3) is 0 Å². The van der Waals surface area contributed by atoms with Gasteiger partial charge in [-0.05, 0) is 26.0 Å². The number of alkyl halides is 1. The first kappa shape index (κ1) is 22.3. The largest absolute Gasteiger partial charge is 0.459 e. The Morgan fingerprint density at radius 1 is 1.23 bits per heavy atom. The second-order valence-corrected chi connectivity index (χ2v) is 7.36. The molecule has 0 bridgehead atoms. The van der Waals surface area contributed by atoms with Gasteiger partial charge in [-0.1, -0.05) is 18.2 Å². The summed E-state index contributed by atoms with van der Waals surface area (Å²) in [5, 5.41) is 0. The smallest absolute Gasteiger partial charge is 0.338 e. The molecule has 2 unspecified atom stereocenters. The molecule has 0 spiro atoms. The topological polar surface area (TPSA) is 117 Å². The monoisotopic (exact) mass is 438 g/mol. The summed E-state index contributed by atoms with van der Waals surface area (Å²) in [5.41, 5.74) is -6.79. The van der Waals surface area contributed by atoms with Gasteiger partial charge in [0.25, 0.3) is 5.56 Å². The molecule has 2 heterocycles. The van der Waals surface area contributed by atoms with Gasteiger partial charge < -0.3 is 14.2 Å². The lowest BCUT2D eigenvalue weighted by Crippen LogP contribution is -2.55. The van der Waals surface area contributed by atoms with Crippen molar-refractivity contribution < 1.29 is 32.6 Å². The number of aromatic amines is 1. The quantitative estimate of drug-likeness (QED) is 0.703. The number of carbonyl (C=O) groups excluding carboxylic acids is 2. The molecule has 1 saturated heterocycles. The lowest BCUT2D eigenvalue weighted by atomic mass is 9.84. The van der Waals surface area contributed by atoms with Gasteiger partial charge in [-0.25, -0.2) is 14.0 Å². The Bertz CT molecular complexity index is 1110. The van der Waals surface area contributed by atoms with E-state index in [2.05, 4.69) is 0 Å². The number of aromatic nitrogens is 2. The third kappa shape index (κ3) is 4.00. The maximum Gasteiger partial charge on any atom is 0.338 e. The molecule has 0 saturated carbocycles. The lowest BCUT2D eigenvalue weighted by Gasteiger charge is -2.36. The predicted molar refractivity (Wildman–Crippen MR) is 102 cm³/mol. The molecule has 166 valence electrons. The Balaban J connectivity index is 1.95. The summed E-state index contributed by atoms with van der Waals surface area (Å²) < 4.78 is 46.2. The van der Waals surface area contributed by atoms with Crippen LogP contribution < -0.4 is 11.2 Å². The molecule has 0 amide bonds. The number of hydrogen-bond acceptors (Lipinski definition) is 7. The van der Waals surface area contributed by atoms with E-state index in [-0.39, 0.29) is 5.56 Å². The number of rotatable bonds is 5. The summed E-state index contributed by atoms with van der Waals surface area (Å²) in [6.07, 6.45) is -2.65. The molecule has 1 aliphatic heterocycles. The van der Waals surface area contributed by atoms with Gasteiger partial charge in [0.05, 0.1) is 11.8 Å². The standard InChI is InChI=1S/C20H20F2N2O7/c1-11(25)31-20(3)14(10-29-16(27)12-7-5-4-6-8-12)30-17(19(20,2)22)24-9-13(21)15(26)23-18(24)28/h4-9,14,17H,10H2,1-3H3,(H,23,26,28)/t14-,17?,19+,20?/m1/s1. The van der Waals surface area contributed by atoms with E-state index < -0.39 is 59.2 Å². The molecule has 1 aliphatic rings. The Kier molecular flexibility index (Phi) is 5.81. The van der Waals surface area contributed by atoms with Crippen LogP contribution in [0.2, 0.25) is 0 Å². The first-order valence-electron chi connectivity index (χ1n) is 9.24. The maximum absolute atomic E-state index is 16.0. The summed E-state index contributed by atoms with van der Waals surface area (Å²) in [6, 6.07) is 7.96. The summed E-state index contributed by atoms with van der Waals surface area (Å²) in [4.78, 5) is 49.1. The number of hydrogen-bond donors (Lipinski definition) is 1. The zero-order valence-corrected chi connectivity index (χ0v) is 16.9. The average Bonchev–Trinajstić information content (AvgIpc) is 2.89. The van der Waals surface area contributed by atoms with Gasteiger partial charge in [0.1, 0.15) is 12.7 Å². The minimum atomic E-state index is -2.59. The lowest BCUT2D eigenvalue weighted by molar-refractivity contribution is -0.175. The third-order valence-electron chi connectivity index (χ3n) is 5.25. The highest BCUT2D eigenvalue weighted by Crippen LogP contribution is 2.50. The summed E-state index contributed by atoms with van der Waals surface area (Å²) in [7, 11) is 0. The fraction of sp³-hybridized carbons (Fsp3) is 0.400. The number of esters is 2. The molecule has 31 heavy (non-hydrogen) atoms. The molecule has 3 rings (SSSR count). The first-order valence-corrected chi connectivity index (χ1v) is 9.24. The van der Waals surface area contributed by atoms with Crippen LogP contribution in [0.4, 0.5) is 8.78 Å². The molecule has 0 aliphatic carbocycles. The Morgan fingerprint density at radius 2 is 1.87 bits per heavy atom. The van der Waals surface area contributed by atoms with E-state index in [1.807, 2.05) is 0 Å². The van der Waals surface area contributed by atoms with Crippen molar-refractivity contribution in [3.05, 3.63) is 68.7 Å². The normalized spacial score (nSPS) is 27.6. The number of benzene rings is 1. The third-order valence-corrected chi connectivity index (χ3v) is 5.25. The highest BCUT2D eigenvalue weighted by molar-refractivity contribution is 5.89. The predicted octanol–water partition coefficient (Wildman–Crippen LogP) is 1.48. The molecule has 1 aromatic carbocycles. The number of nitrogens with one attached hydrogen (secondary N) is 1. The second kappa shape index (κ2) is 8.06. The zero-order valence-electron chi connectivity index (χ0n) is 16.9. The van der Waals surface area contributed by atoms with Gasteiger partial charge in [-0.15, -0.1) is 0 Å². The van der Waals surface area contributed by atoms with Gasteiger partial charge in [-0.3, -0.25) is 19.1 Å². The van der Waals surface area contributed by atoms with Crippen molar-refractivity contribution in [2.24, 2.45) is 0 Å². The molecule has 9 nitrogen and oxygen atoms in total. The molecule has 0 radical (unpaired) electrons. The first-order chi connectivity index (χ1) is 14.5. The minimum absolute atomic E-state index is 0.230. The minimum Gasteiger partial charge on any atom is -0.459 e. The Labute approximate surface area is 174 Å². The van der Waals surface area contributed by atoms with E-state index in [1.165, 1.54) is 19.1 Å². The molecular formula is C20H20F2N2O7.